The third-order valence-corrected chi connectivity index (χ3v) is 4.86. The molecule has 0 saturated carbocycles. The van der Waals surface area contributed by atoms with E-state index in [1.54, 1.807) is 35.7 Å². The number of amides is 1. The van der Waals surface area contributed by atoms with E-state index in [2.05, 4.69) is 10.5 Å². The van der Waals surface area contributed by atoms with Crippen molar-refractivity contribution in [3.8, 4) is 11.8 Å². The Kier molecular flexibility index (Phi) is 6.26. The third kappa shape index (κ3) is 5.00. The lowest BCUT2D eigenvalue weighted by atomic mass is 10.2. The van der Waals surface area contributed by atoms with Gasteiger partial charge in [0.25, 0.3) is 5.91 Å². The number of rotatable bonds is 7. The van der Waals surface area contributed by atoms with E-state index in [1.807, 2.05) is 19.9 Å². The van der Waals surface area contributed by atoms with Gasteiger partial charge in [-0.15, -0.1) is 11.3 Å². The molecule has 1 N–H and O–H groups in total. The first-order valence-corrected chi connectivity index (χ1v) is 9.45. The van der Waals surface area contributed by atoms with Crippen LogP contribution in [0.1, 0.15) is 32.9 Å². The molecule has 0 unspecified atom stereocenters. The first-order valence-electron chi connectivity index (χ1n) is 8.57. The van der Waals surface area contributed by atoms with E-state index >= 15 is 0 Å². The Labute approximate surface area is 170 Å². The smallest absolute Gasteiger partial charge is 0.338 e. The van der Waals surface area contributed by atoms with Crippen LogP contribution in [0.15, 0.2) is 40.2 Å². The number of esters is 1. The number of carbonyl (C=O) groups excluding carboxylic acids is 2. The topological polar surface area (TPSA) is 114 Å². The fourth-order valence-corrected chi connectivity index (χ4v) is 3.18. The molecule has 3 aromatic rings. The van der Waals surface area contributed by atoms with E-state index in [1.165, 1.54) is 11.3 Å². The van der Waals surface area contributed by atoms with Crippen molar-refractivity contribution in [2.45, 2.75) is 20.5 Å². The second kappa shape index (κ2) is 9.03. The lowest BCUT2D eigenvalue weighted by Crippen LogP contribution is -2.20. The summed E-state index contributed by atoms with van der Waals surface area (Å²) in [5.74, 6) is 0.118. The summed E-state index contributed by atoms with van der Waals surface area (Å²) in [6.45, 7) is 3.50. The highest BCUT2D eigenvalue weighted by Gasteiger charge is 2.13. The molecule has 0 fully saturated rings. The maximum absolute atomic E-state index is 12.1. The van der Waals surface area contributed by atoms with Gasteiger partial charge in [0.05, 0.1) is 22.4 Å². The molecule has 2 aromatic heterocycles. The average molecular weight is 411 g/mol. The molecule has 1 aromatic carbocycles. The van der Waals surface area contributed by atoms with Crippen LogP contribution in [-0.2, 0) is 16.1 Å². The van der Waals surface area contributed by atoms with Gasteiger partial charge in [-0.2, -0.15) is 5.26 Å². The number of aryl methyl sites for hydroxylation is 2. The monoisotopic (exact) mass is 411 g/mol. The SMILES string of the molecule is Cc1noc(C)c1COc1ccc(C(=O)OCC(=O)Nc2sccc2C#N)cc1. The van der Waals surface area contributed by atoms with Gasteiger partial charge in [-0.05, 0) is 49.6 Å². The molecule has 0 atom stereocenters. The van der Waals surface area contributed by atoms with Crippen molar-refractivity contribution in [1.82, 2.24) is 5.16 Å². The van der Waals surface area contributed by atoms with Crippen LogP contribution < -0.4 is 10.1 Å². The third-order valence-electron chi connectivity index (χ3n) is 4.03. The van der Waals surface area contributed by atoms with Gasteiger partial charge >= 0.3 is 5.97 Å². The van der Waals surface area contributed by atoms with Crippen molar-refractivity contribution in [3.05, 3.63) is 63.9 Å². The van der Waals surface area contributed by atoms with E-state index in [0.29, 0.717) is 28.7 Å². The van der Waals surface area contributed by atoms with Crippen LogP contribution in [0.5, 0.6) is 5.75 Å². The van der Waals surface area contributed by atoms with Gasteiger partial charge in [0.1, 0.15) is 29.2 Å². The number of hydrogen-bond donors (Lipinski definition) is 1. The Bertz CT molecular complexity index is 1040. The zero-order chi connectivity index (χ0) is 20.8. The fraction of sp³-hybridized carbons (Fsp3) is 0.200. The van der Waals surface area contributed by atoms with E-state index < -0.39 is 18.5 Å². The van der Waals surface area contributed by atoms with Gasteiger partial charge in [0.15, 0.2) is 6.61 Å². The van der Waals surface area contributed by atoms with E-state index in [4.69, 9.17) is 19.3 Å². The molecule has 0 spiro atoms. The molecule has 3 rings (SSSR count). The molecule has 0 bridgehead atoms. The maximum atomic E-state index is 12.1. The van der Waals surface area contributed by atoms with Crippen LogP contribution in [0.4, 0.5) is 5.00 Å². The molecule has 1 amide bonds. The summed E-state index contributed by atoms with van der Waals surface area (Å²) >= 11 is 1.22. The maximum Gasteiger partial charge on any atom is 0.338 e. The number of anilines is 1. The second-order valence-electron chi connectivity index (χ2n) is 6.02. The van der Waals surface area contributed by atoms with Crippen molar-refractivity contribution in [2.24, 2.45) is 0 Å². The van der Waals surface area contributed by atoms with Gasteiger partial charge < -0.3 is 19.3 Å². The van der Waals surface area contributed by atoms with Crippen molar-refractivity contribution in [1.29, 1.82) is 5.26 Å². The normalized spacial score (nSPS) is 10.2. The van der Waals surface area contributed by atoms with Crippen LogP contribution >= 0.6 is 11.3 Å². The number of carbonyl (C=O) groups is 2. The number of benzene rings is 1. The van der Waals surface area contributed by atoms with Crippen LogP contribution in [0.3, 0.4) is 0 Å². The van der Waals surface area contributed by atoms with Crippen molar-refractivity contribution >= 4 is 28.2 Å². The molecule has 9 heteroatoms. The van der Waals surface area contributed by atoms with Crippen LogP contribution in [0.2, 0.25) is 0 Å². The lowest BCUT2D eigenvalue weighted by molar-refractivity contribution is -0.119. The predicted octanol–water partition coefficient (Wildman–Crippen LogP) is 3.60. The zero-order valence-electron chi connectivity index (χ0n) is 15.7. The number of nitriles is 1. The fourth-order valence-electron chi connectivity index (χ4n) is 2.42. The van der Waals surface area contributed by atoms with E-state index in [0.717, 1.165) is 11.3 Å². The summed E-state index contributed by atoms with van der Waals surface area (Å²) in [5.41, 5.74) is 2.30. The van der Waals surface area contributed by atoms with Gasteiger partial charge in [0, 0.05) is 0 Å². The highest BCUT2D eigenvalue weighted by molar-refractivity contribution is 7.14. The minimum Gasteiger partial charge on any atom is -0.489 e. The number of aromatic nitrogens is 1. The van der Waals surface area contributed by atoms with E-state index in [9.17, 15) is 9.59 Å². The Balaban J connectivity index is 1.50. The average Bonchev–Trinajstić information content (AvgIpc) is 3.30. The lowest BCUT2D eigenvalue weighted by Gasteiger charge is -2.08. The number of thiophene rings is 1. The van der Waals surface area contributed by atoms with Crippen LogP contribution in [-0.4, -0.2) is 23.6 Å². The number of ether oxygens (including phenoxy) is 2. The first kappa shape index (κ1) is 20.1. The molecule has 2 heterocycles. The second-order valence-corrected chi connectivity index (χ2v) is 6.93. The van der Waals surface area contributed by atoms with Gasteiger partial charge in [-0.25, -0.2) is 4.79 Å². The van der Waals surface area contributed by atoms with Crippen molar-refractivity contribution < 1.29 is 23.6 Å². The van der Waals surface area contributed by atoms with Gasteiger partial charge in [-0.1, -0.05) is 5.16 Å². The Morgan fingerprint density at radius 1 is 1.24 bits per heavy atom. The highest BCUT2D eigenvalue weighted by Crippen LogP contribution is 2.22. The minimum absolute atomic E-state index is 0.288. The molecule has 0 radical (unpaired) electrons. The largest absolute Gasteiger partial charge is 0.489 e. The summed E-state index contributed by atoms with van der Waals surface area (Å²) < 4.78 is 15.8. The Hall–Kier alpha value is -3.64. The summed E-state index contributed by atoms with van der Waals surface area (Å²) in [6.07, 6.45) is 0. The Morgan fingerprint density at radius 3 is 2.66 bits per heavy atom. The molecule has 8 nitrogen and oxygen atoms in total. The first-order chi connectivity index (χ1) is 14.0. The quantitative estimate of drug-likeness (QED) is 0.591. The molecule has 148 valence electrons. The molecule has 29 heavy (non-hydrogen) atoms. The molecule has 0 aliphatic carbocycles. The van der Waals surface area contributed by atoms with Crippen LogP contribution in [0.25, 0.3) is 0 Å². The van der Waals surface area contributed by atoms with E-state index in [-0.39, 0.29) is 5.56 Å². The number of nitrogens with one attached hydrogen (secondary N) is 1. The summed E-state index contributed by atoms with van der Waals surface area (Å²) in [4.78, 5) is 24.0. The molecule has 0 aliphatic rings. The van der Waals surface area contributed by atoms with Gasteiger partial charge in [0.2, 0.25) is 0 Å². The van der Waals surface area contributed by atoms with Crippen molar-refractivity contribution in [2.75, 3.05) is 11.9 Å². The predicted molar refractivity (Wildman–Crippen MR) is 105 cm³/mol. The molecule has 0 saturated heterocycles. The Morgan fingerprint density at radius 2 is 2.00 bits per heavy atom. The summed E-state index contributed by atoms with van der Waals surface area (Å²) in [6, 6.07) is 9.95. The highest BCUT2D eigenvalue weighted by atomic mass is 32.1. The van der Waals surface area contributed by atoms with Crippen molar-refractivity contribution in [3.63, 3.8) is 0 Å². The molecular formula is C20H17N3O5S. The summed E-state index contributed by atoms with van der Waals surface area (Å²) in [7, 11) is 0. The summed E-state index contributed by atoms with van der Waals surface area (Å²) in [5, 5.41) is 17.5. The standard InChI is InChI=1S/C20H17N3O5S/c1-12-17(13(2)28-23-12)10-26-16-5-3-14(4-6-16)20(25)27-11-18(24)22-19-15(9-21)7-8-29-19/h3-8H,10-11H2,1-2H3,(H,22,24). The molecule has 0 aliphatic heterocycles. The minimum atomic E-state index is -0.635. The van der Waals surface area contributed by atoms with Gasteiger partial charge in [-0.3, -0.25) is 4.79 Å². The molecular weight excluding hydrogens is 394 g/mol. The number of hydrogen-bond acceptors (Lipinski definition) is 8. The zero-order valence-corrected chi connectivity index (χ0v) is 16.5. The van der Waals surface area contributed by atoms with Crippen LogP contribution in [0, 0.1) is 25.2 Å². The number of nitrogens with zero attached hydrogens (tertiary/aromatic N) is 2.